The van der Waals surface area contributed by atoms with Crippen LogP contribution in [0.3, 0.4) is 0 Å². The molecule has 1 aliphatic rings. The molecule has 0 saturated carbocycles. The second-order valence-corrected chi connectivity index (χ2v) is 9.27. The summed E-state index contributed by atoms with van der Waals surface area (Å²) in [6.07, 6.45) is 3.10. The number of aromatic nitrogens is 1. The SMILES string of the molecule is CCCC1=C(C(=O)OCC)[C@@H](c2cc(OC)ccc2OC)n2c(s/c(=C/c3ccccc3OC)c2=O)=N1. The molecule has 2 heterocycles. The van der Waals surface area contributed by atoms with Gasteiger partial charge in [0.15, 0.2) is 4.80 Å². The Morgan fingerprint density at radius 1 is 1.05 bits per heavy atom. The van der Waals surface area contributed by atoms with Crippen LogP contribution in [0.4, 0.5) is 0 Å². The van der Waals surface area contributed by atoms with Crippen molar-refractivity contribution in [3.63, 3.8) is 0 Å². The van der Waals surface area contributed by atoms with Gasteiger partial charge in [-0.05, 0) is 43.7 Å². The number of ether oxygens (including phenoxy) is 4. The molecule has 0 unspecified atom stereocenters. The Labute approximate surface area is 219 Å². The third-order valence-corrected chi connectivity index (χ3v) is 7.03. The van der Waals surface area contributed by atoms with Gasteiger partial charge < -0.3 is 18.9 Å². The lowest BCUT2D eigenvalue weighted by Crippen LogP contribution is -2.40. The topological polar surface area (TPSA) is 88.4 Å². The molecule has 4 rings (SSSR count). The van der Waals surface area contributed by atoms with E-state index in [1.807, 2.05) is 31.2 Å². The normalized spacial score (nSPS) is 15.2. The van der Waals surface area contributed by atoms with Gasteiger partial charge in [0, 0.05) is 11.1 Å². The summed E-state index contributed by atoms with van der Waals surface area (Å²) in [5.41, 5.74) is 2.02. The third kappa shape index (κ3) is 5.04. The molecule has 0 aliphatic carbocycles. The second kappa shape index (κ2) is 11.5. The number of allylic oxidation sites excluding steroid dienone is 1. The Bertz CT molecular complexity index is 1520. The molecular formula is C28H30N2O6S. The molecule has 194 valence electrons. The number of thiazole rings is 1. The molecule has 0 spiro atoms. The Morgan fingerprint density at radius 2 is 1.81 bits per heavy atom. The minimum absolute atomic E-state index is 0.196. The summed E-state index contributed by atoms with van der Waals surface area (Å²) >= 11 is 1.27. The summed E-state index contributed by atoms with van der Waals surface area (Å²) in [6, 6.07) is 12.0. The lowest BCUT2D eigenvalue weighted by Gasteiger charge is -2.27. The Balaban J connectivity index is 2.07. The molecule has 1 aliphatic heterocycles. The minimum Gasteiger partial charge on any atom is -0.497 e. The van der Waals surface area contributed by atoms with Gasteiger partial charge in [0.25, 0.3) is 5.56 Å². The maximum Gasteiger partial charge on any atom is 0.338 e. The number of hydrogen-bond donors (Lipinski definition) is 0. The van der Waals surface area contributed by atoms with E-state index in [9.17, 15) is 9.59 Å². The fourth-order valence-corrected chi connectivity index (χ4v) is 5.41. The van der Waals surface area contributed by atoms with Crippen LogP contribution in [0.5, 0.6) is 17.2 Å². The van der Waals surface area contributed by atoms with Crippen LogP contribution in [0.2, 0.25) is 0 Å². The predicted octanol–water partition coefficient (Wildman–Crippen LogP) is 3.60. The van der Waals surface area contributed by atoms with Crippen LogP contribution in [-0.4, -0.2) is 38.5 Å². The number of nitrogens with zero attached hydrogens (tertiary/aromatic N) is 2. The van der Waals surface area contributed by atoms with Crippen molar-refractivity contribution in [2.45, 2.75) is 32.7 Å². The molecule has 0 fully saturated rings. The number of rotatable bonds is 9. The molecule has 37 heavy (non-hydrogen) atoms. The highest BCUT2D eigenvalue weighted by atomic mass is 32.1. The summed E-state index contributed by atoms with van der Waals surface area (Å²) in [6.45, 7) is 3.97. The van der Waals surface area contributed by atoms with E-state index in [-0.39, 0.29) is 12.2 Å². The zero-order valence-electron chi connectivity index (χ0n) is 21.6. The first-order valence-electron chi connectivity index (χ1n) is 12.0. The smallest absolute Gasteiger partial charge is 0.338 e. The number of para-hydroxylation sites is 1. The number of carbonyl (C=O) groups excluding carboxylic acids is 1. The first kappa shape index (κ1) is 26.2. The number of esters is 1. The van der Waals surface area contributed by atoms with Crippen molar-refractivity contribution in [2.24, 2.45) is 4.99 Å². The highest BCUT2D eigenvalue weighted by molar-refractivity contribution is 7.07. The highest BCUT2D eigenvalue weighted by Crippen LogP contribution is 2.38. The minimum atomic E-state index is -0.804. The van der Waals surface area contributed by atoms with Crippen LogP contribution in [0.1, 0.15) is 43.9 Å². The zero-order chi connectivity index (χ0) is 26.5. The van der Waals surface area contributed by atoms with Gasteiger partial charge in [-0.15, -0.1) is 0 Å². The van der Waals surface area contributed by atoms with Gasteiger partial charge in [-0.2, -0.15) is 0 Å². The van der Waals surface area contributed by atoms with Gasteiger partial charge in [-0.1, -0.05) is 42.9 Å². The molecule has 0 radical (unpaired) electrons. The van der Waals surface area contributed by atoms with Gasteiger partial charge in [0.05, 0.1) is 43.7 Å². The van der Waals surface area contributed by atoms with Crippen molar-refractivity contribution >= 4 is 23.4 Å². The number of hydrogen-bond acceptors (Lipinski definition) is 8. The van der Waals surface area contributed by atoms with Gasteiger partial charge in [0.2, 0.25) is 0 Å². The summed E-state index contributed by atoms with van der Waals surface area (Å²) in [4.78, 5) is 32.6. The average Bonchev–Trinajstić information content (AvgIpc) is 3.22. The van der Waals surface area contributed by atoms with Gasteiger partial charge in [-0.25, -0.2) is 9.79 Å². The maximum absolute atomic E-state index is 13.9. The highest BCUT2D eigenvalue weighted by Gasteiger charge is 2.36. The van der Waals surface area contributed by atoms with E-state index in [0.29, 0.717) is 49.8 Å². The standard InChI is InChI=1S/C28H30N2O6S/c1-6-10-20-24(27(32)36-7-2)25(19-16-18(33-3)13-14-22(19)35-5)30-26(31)23(37-28(30)29-20)15-17-11-8-9-12-21(17)34-4/h8-9,11-16,25H,6-7,10H2,1-5H3/b23-15+/t25-/m1/s1. The lowest BCUT2D eigenvalue weighted by molar-refractivity contribution is -0.139. The van der Waals surface area contributed by atoms with Crippen LogP contribution in [-0.2, 0) is 9.53 Å². The van der Waals surface area contributed by atoms with Crippen LogP contribution in [0, 0.1) is 0 Å². The van der Waals surface area contributed by atoms with Gasteiger partial charge in [-0.3, -0.25) is 9.36 Å². The largest absolute Gasteiger partial charge is 0.497 e. The van der Waals surface area contributed by atoms with Crippen molar-refractivity contribution in [1.82, 2.24) is 4.57 Å². The number of methoxy groups -OCH3 is 3. The van der Waals surface area contributed by atoms with Gasteiger partial charge in [0.1, 0.15) is 23.3 Å². The molecule has 1 atom stereocenters. The van der Waals surface area contributed by atoms with Crippen molar-refractivity contribution in [2.75, 3.05) is 27.9 Å². The predicted molar refractivity (Wildman–Crippen MR) is 142 cm³/mol. The van der Waals surface area contributed by atoms with Gasteiger partial charge >= 0.3 is 5.97 Å². The van der Waals surface area contributed by atoms with Crippen LogP contribution < -0.4 is 29.1 Å². The van der Waals surface area contributed by atoms with E-state index in [1.165, 1.54) is 11.3 Å². The molecule has 0 saturated heterocycles. The number of benzene rings is 2. The van der Waals surface area contributed by atoms with E-state index in [1.54, 1.807) is 57.1 Å². The monoisotopic (exact) mass is 522 g/mol. The fourth-order valence-electron chi connectivity index (χ4n) is 4.40. The summed E-state index contributed by atoms with van der Waals surface area (Å²) in [5.74, 6) is 1.23. The zero-order valence-corrected chi connectivity index (χ0v) is 22.4. The molecule has 1 aromatic heterocycles. The summed E-state index contributed by atoms with van der Waals surface area (Å²) < 4.78 is 24.1. The molecule has 0 amide bonds. The van der Waals surface area contributed by atoms with Crippen molar-refractivity contribution in [3.8, 4) is 17.2 Å². The Kier molecular flexibility index (Phi) is 8.13. The van der Waals surface area contributed by atoms with E-state index in [0.717, 1.165) is 12.0 Å². The quantitative estimate of drug-likeness (QED) is 0.399. The molecule has 0 N–H and O–H groups in total. The first-order chi connectivity index (χ1) is 18.0. The number of fused-ring (bicyclic) bond motifs is 1. The van der Waals surface area contributed by atoms with Crippen LogP contribution in [0.25, 0.3) is 6.08 Å². The van der Waals surface area contributed by atoms with Crippen molar-refractivity contribution in [3.05, 3.63) is 84.5 Å². The summed E-state index contributed by atoms with van der Waals surface area (Å²) in [5, 5.41) is 0. The molecule has 2 aromatic carbocycles. The average molecular weight is 523 g/mol. The molecule has 3 aromatic rings. The fraction of sp³-hybridized carbons (Fsp3) is 0.321. The molecule has 0 bridgehead atoms. The Morgan fingerprint density at radius 3 is 2.49 bits per heavy atom. The van der Waals surface area contributed by atoms with E-state index >= 15 is 0 Å². The van der Waals surface area contributed by atoms with Crippen molar-refractivity contribution < 1.29 is 23.7 Å². The second-order valence-electron chi connectivity index (χ2n) is 8.26. The molecular weight excluding hydrogens is 492 g/mol. The third-order valence-electron chi connectivity index (χ3n) is 6.05. The van der Waals surface area contributed by atoms with Crippen molar-refractivity contribution in [1.29, 1.82) is 0 Å². The molecule has 8 nitrogen and oxygen atoms in total. The Hall–Kier alpha value is -3.85. The summed E-state index contributed by atoms with van der Waals surface area (Å²) in [7, 11) is 4.71. The first-order valence-corrected chi connectivity index (χ1v) is 12.9. The lowest BCUT2D eigenvalue weighted by atomic mass is 9.93. The van der Waals surface area contributed by atoms with Crippen LogP contribution in [0.15, 0.2) is 63.5 Å². The van der Waals surface area contributed by atoms with Crippen LogP contribution >= 0.6 is 11.3 Å². The van der Waals surface area contributed by atoms with E-state index < -0.39 is 12.0 Å². The molecule has 9 heteroatoms. The maximum atomic E-state index is 13.9. The number of carbonyl (C=O) groups is 1. The van der Waals surface area contributed by atoms with E-state index in [4.69, 9.17) is 23.9 Å². The van der Waals surface area contributed by atoms with E-state index in [2.05, 4.69) is 0 Å².